The maximum Gasteiger partial charge on any atom is 0.263 e. The number of ether oxygens (including phenoxy) is 2. The summed E-state index contributed by atoms with van der Waals surface area (Å²) in [5.41, 5.74) is 6.91. The first-order valence-electron chi connectivity index (χ1n) is 6.14. The van der Waals surface area contributed by atoms with E-state index in [0.29, 0.717) is 33.5 Å². The summed E-state index contributed by atoms with van der Waals surface area (Å²) in [6, 6.07) is 9.95. The van der Waals surface area contributed by atoms with Crippen molar-refractivity contribution in [2.75, 3.05) is 25.3 Å². The number of amides is 1. The number of anilines is 2. The summed E-state index contributed by atoms with van der Waals surface area (Å²) in [6.07, 6.45) is 0. The topological polar surface area (TPSA) is 73.6 Å². The average Bonchev–Trinajstić information content (AvgIpc) is 2.49. The van der Waals surface area contributed by atoms with Crippen LogP contribution in [0.5, 0.6) is 11.5 Å². The highest BCUT2D eigenvalue weighted by molar-refractivity contribution is 6.34. The van der Waals surface area contributed by atoms with Gasteiger partial charge in [0.15, 0.2) is 0 Å². The van der Waals surface area contributed by atoms with Crippen molar-refractivity contribution in [3.63, 3.8) is 0 Å². The standard InChI is InChI=1S/C15H15ClN2O3/c1-20-12-4-3-5-13(21-2)14(12)15(19)18-11-8-9(17)6-7-10(11)16/h3-8H,17H2,1-2H3,(H,18,19). The van der Waals surface area contributed by atoms with Crippen LogP contribution in [0.3, 0.4) is 0 Å². The maximum absolute atomic E-state index is 12.5. The van der Waals surface area contributed by atoms with Crippen LogP contribution in [0.4, 0.5) is 11.4 Å². The number of methoxy groups -OCH3 is 2. The van der Waals surface area contributed by atoms with Crippen molar-refractivity contribution in [3.8, 4) is 11.5 Å². The summed E-state index contributed by atoms with van der Waals surface area (Å²) >= 11 is 6.04. The van der Waals surface area contributed by atoms with Crippen LogP contribution in [0, 0.1) is 0 Å². The Kier molecular flexibility index (Phi) is 4.55. The van der Waals surface area contributed by atoms with Gasteiger partial charge in [-0.05, 0) is 30.3 Å². The summed E-state index contributed by atoms with van der Waals surface area (Å²) < 4.78 is 10.4. The van der Waals surface area contributed by atoms with Crippen molar-refractivity contribution in [2.45, 2.75) is 0 Å². The molecule has 0 saturated heterocycles. The predicted molar refractivity (Wildman–Crippen MR) is 83.4 cm³/mol. The summed E-state index contributed by atoms with van der Waals surface area (Å²) in [4.78, 5) is 12.5. The molecule has 0 fully saturated rings. The van der Waals surface area contributed by atoms with Gasteiger partial charge >= 0.3 is 0 Å². The van der Waals surface area contributed by atoms with Gasteiger partial charge in [0.1, 0.15) is 17.1 Å². The third-order valence-corrected chi connectivity index (χ3v) is 3.22. The third-order valence-electron chi connectivity index (χ3n) is 2.89. The lowest BCUT2D eigenvalue weighted by molar-refractivity contribution is 0.102. The maximum atomic E-state index is 12.5. The van der Waals surface area contributed by atoms with Crippen molar-refractivity contribution >= 4 is 28.9 Å². The van der Waals surface area contributed by atoms with Crippen molar-refractivity contribution in [3.05, 3.63) is 47.0 Å². The molecule has 0 atom stereocenters. The lowest BCUT2D eigenvalue weighted by atomic mass is 10.1. The van der Waals surface area contributed by atoms with Crippen LogP contribution in [0.25, 0.3) is 0 Å². The van der Waals surface area contributed by atoms with Gasteiger partial charge in [-0.2, -0.15) is 0 Å². The van der Waals surface area contributed by atoms with Crippen LogP contribution in [0.2, 0.25) is 5.02 Å². The van der Waals surface area contributed by atoms with Crippen molar-refractivity contribution in [1.29, 1.82) is 0 Å². The van der Waals surface area contributed by atoms with Crippen LogP contribution in [0.15, 0.2) is 36.4 Å². The number of nitrogens with two attached hydrogens (primary N) is 1. The minimum Gasteiger partial charge on any atom is -0.496 e. The van der Waals surface area contributed by atoms with E-state index in [1.807, 2.05) is 0 Å². The van der Waals surface area contributed by atoms with Crippen molar-refractivity contribution in [2.24, 2.45) is 0 Å². The molecular formula is C15H15ClN2O3. The van der Waals surface area contributed by atoms with E-state index in [0.717, 1.165) is 0 Å². The highest BCUT2D eigenvalue weighted by Gasteiger charge is 2.19. The van der Waals surface area contributed by atoms with Crippen LogP contribution in [-0.2, 0) is 0 Å². The van der Waals surface area contributed by atoms with Gasteiger partial charge in [0, 0.05) is 5.69 Å². The molecular weight excluding hydrogens is 292 g/mol. The lowest BCUT2D eigenvalue weighted by Crippen LogP contribution is -2.15. The van der Waals surface area contributed by atoms with E-state index in [-0.39, 0.29) is 0 Å². The van der Waals surface area contributed by atoms with Gasteiger partial charge in [-0.1, -0.05) is 17.7 Å². The first-order chi connectivity index (χ1) is 10.1. The predicted octanol–water partition coefficient (Wildman–Crippen LogP) is 3.19. The molecule has 3 N–H and O–H groups in total. The Labute approximate surface area is 127 Å². The minimum absolute atomic E-state index is 0.293. The van der Waals surface area contributed by atoms with Gasteiger partial charge in [-0.15, -0.1) is 0 Å². The van der Waals surface area contributed by atoms with Gasteiger partial charge in [0.25, 0.3) is 5.91 Å². The van der Waals surface area contributed by atoms with E-state index in [9.17, 15) is 4.79 Å². The third kappa shape index (κ3) is 3.20. The summed E-state index contributed by atoms with van der Waals surface area (Å²) in [7, 11) is 2.97. The smallest absolute Gasteiger partial charge is 0.263 e. The summed E-state index contributed by atoms with van der Waals surface area (Å²) in [5.74, 6) is 0.426. The molecule has 0 spiro atoms. The molecule has 0 saturated carbocycles. The van der Waals surface area contributed by atoms with E-state index in [2.05, 4.69) is 5.32 Å². The number of halogens is 1. The largest absolute Gasteiger partial charge is 0.496 e. The number of nitrogen functional groups attached to an aromatic ring is 1. The molecule has 0 aromatic heterocycles. The lowest BCUT2D eigenvalue weighted by Gasteiger charge is -2.13. The van der Waals surface area contributed by atoms with Crippen molar-refractivity contribution in [1.82, 2.24) is 0 Å². The fourth-order valence-electron chi connectivity index (χ4n) is 1.90. The summed E-state index contributed by atoms with van der Waals surface area (Å²) in [5, 5.41) is 3.10. The Morgan fingerprint density at radius 2 is 1.76 bits per heavy atom. The zero-order valence-corrected chi connectivity index (χ0v) is 12.4. The number of carbonyl (C=O) groups is 1. The quantitative estimate of drug-likeness (QED) is 0.851. The molecule has 1 amide bonds. The van der Waals surface area contributed by atoms with E-state index in [4.69, 9.17) is 26.8 Å². The molecule has 2 aromatic carbocycles. The zero-order chi connectivity index (χ0) is 15.4. The highest BCUT2D eigenvalue weighted by Crippen LogP contribution is 2.31. The molecule has 21 heavy (non-hydrogen) atoms. The number of benzene rings is 2. The Bertz CT molecular complexity index is 652. The fraction of sp³-hybridized carbons (Fsp3) is 0.133. The van der Waals surface area contributed by atoms with Crippen LogP contribution in [0.1, 0.15) is 10.4 Å². The highest BCUT2D eigenvalue weighted by atomic mass is 35.5. The Balaban J connectivity index is 2.38. The first-order valence-corrected chi connectivity index (χ1v) is 6.52. The molecule has 0 bridgehead atoms. The molecule has 0 aliphatic heterocycles. The molecule has 2 aromatic rings. The Hall–Kier alpha value is -2.40. The fourth-order valence-corrected chi connectivity index (χ4v) is 2.06. The second kappa shape index (κ2) is 6.37. The van der Waals surface area contributed by atoms with Crippen LogP contribution >= 0.6 is 11.6 Å². The van der Waals surface area contributed by atoms with E-state index in [1.165, 1.54) is 14.2 Å². The zero-order valence-electron chi connectivity index (χ0n) is 11.6. The molecule has 2 rings (SSSR count). The number of carbonyl (C=O) groups excluding carboxylic acids is 1. The van der Waals surface area contributed by atoms with Gasteiger partial charge in [0.05, 0.1) is 24.9 Å². The average molecular weight is 307 g/mol. The number of hydrogen-bond donors (Lipinski definition) is 2. The molecule has 0 unspecified atom stereocenters. The second-order valence-electron chi connectivity index (χ2n) is 4.23. The van der Waals surface area contributed by atoms with E-state index < -0.39 is 5.91 Å². The molecule has 6 heteroatoms. The normalized spacial score (nSPS) is 10.0. The van der Waals surface area contributed by atoms with E-state index >= 15 is 0 Å². The van der Waals surface area contributed by atoms with Gasteiger partial charge in [-0.25, -0.2) is 0 Å². The van der Waals surface area contributed by atoms with E-state index in [1.54, 1.807) is 36.4 Å². The molecule has 5 nitrogen and oxygen atoms in total. The Morgan fingerprint density at radius 3 is 2.33 bits per heavy atom. The summed E-state index contributed by atoms with van der Waals surface area (Å²) in [6.45, 7) is 0. The van der Waals surface area contributed by atoms with Gasteiger partial charge < -0.3 is 20.5 Å². The Morgan fingerprint density at radius 1 is 1.14 bits per heavy atom. The number of nitrogens with one attached hydrogen (secondary N) is 1. The SMILES string of the molecule is COc1cccc(OC)c1C(=O)Nc1cc(N)ccc1Cl. The van der Waals surface area contributed by atoms with Crippen LogP contribution in [-0.4, -0.2) is 20.1 Å². The van der Waals surface area contributed by atoms with Crippen molar-refractivity contribution < 1.29 is 14.3 Å². The van der Waals surface area contributed by atoms with Crippen LogP contribution < -0.4 is 20.5 Å². The minimum atomic E-state index is -0.392. The number of hydrogen-bond acceptors (Lipinski definition) is 4. The monoisotopic (exact) mass is 306 g/mol. The van der Waals surface area contributed by atoms with Gasteiger partial charge in [0.2, 0.25) is 0 Å². The molecule has 0 aliphatic carbocycles. The van der Waals surface area contributed by atoms with Gasteiger partial charge in [-0.3, -0.25) is 4.79 Å². The number of rotatable bonds is 4. The molecule has 0 radical (unpaired) electrons. The first kappa shape index (κ1) is 15.0. The molecule has 0 aliphatic rings. The second-order valence-corrected chi connectivity index (χ2v) is 4.64. The molecule has 0 heterocycles. The molecule has 110 valence electrons.